The maximum Gasteiger partial charge on any atom is 0.337 e. The third kappa shape index (κ3) is 5.11. The van der Waals surface area contributed by atoms with Crippen molar-refractivity contribution in [2.75, 3.05) is 38.8 Å². The second kappa shape index (κ2) is 8.43. The van der Waals surface area contributed by atoms with E-state index in [0.717, 1.165) is 6.42 Å². The Hall–Kier alpha value is -1.66. The van der Waals surface area contributed by atoms with Crippen LogP contribution >= 0.6 is 0 Å². The number of aromatic nitrogens is 1. The van der Waals surface area contributed by atoms with Crippen molar-refractivity contribution in [3.63, 3.8) is 0 Å². The predicted octanol–water partition coefficient (Wildman–Crippen LogP) is 1.24. The highest BCUT2D eigenvalue weighted by molar-refractivity contribution is 5.93. The zero-order chi connectivity index (χ0) is 13.2. The molecule has 100 valence electrons. The minimum absolute atomic E-state index is 0.227. The van der Waals surface area contributed by atoms with Crippen LogP contribution in [0, 0.1) is 0 Å². The van der Waals surface area contributed by atoms with E-state index in [1.165, 1.54) is 18.5 Å². The number of anilines is 1. The third-order valence-electron chi connectivity index (χ3n) is 2.26. The van der Waals surface area contributed by atoms with E-state index in [1.807, 2.05) is 0 Å². The smallest absolute Gasteiger partial charge is 0.337 e. The van der Waals surface area contributed by atoms with Crippen LogP contribution in [0.3, 0.4) is 0 Å². The first-order valence-electron chi connectivity index (χ1n) is 5.73. The number of nitrogens with zero attached hydrogens (tertiary/aromatic N) is 1. The van der Waals surface area contributed by atoms with Crippen LogP contribution in [0.2, 0.25) is 0 Å². The Morgan fingerprint density at radius 2 is 2.28 bits per heavy atom. The van der Waals surface area contributed by atoms with Gasteiger partial charge in [-0.3, -0.25) is 4.98 Å². The van der Waals surface area contributed by atoms with Crippen LogP contribution in [0.4, 0.5) is 5.69 Å². The van der Waals surface area contributed by atoms with Crippen molar-refractivity contribution in [2.45, 2.75) is 6.42 Å². The van der Waals surface area contributed by atoms with Crippen molar-refractivity contribution in [2.24, 2.45) is 0 Å². The summed E-state index contributed by atoms with van der Waals surface area (Å²) in [6.07, 6.45) is 3.76. The van der Waals surface area contributed by atoms with E-state index < -0.39 is 5.97 Å². The largest absolute Gasteiger partial charge is 0.478 e. The first kappa shape index (κ1) is 14.4. The molecule has 2 N–H and O–H groups in total. The fourth-order valence-electron chi connectivity index (χ4n) is 1.36. The van der Waals surface area contributed by atoms with Crippen molar-refractivity contribution in [3.05, 3.63) is 24.0 Å². The van der Waals surface area contributed by atoms with Gasteiger partial charge in [-0.1, -0.05) is 0 Å². The minimum atomic E-state index is -0.962. The maximum atomic E-state index is 10.9. The number of ether oxygens (including phenoxy) is 2. The number of hydrogen-bond acceptors (Lipinski definition) is 5. The molecule has 0 atom stereocenters. The van der Waals surface area contributed by atoms with Crippen LogP contribution in [-0.4, -0.2) is 49.5 Å². The SMILES string of the molecule is COCCOCCCNc1cnccc1C(=O)O. The number of methoxy groups -OCH3 is 1. The van der Waals surface area contributed by atoms with E-state index >= 15 is 0 Å². The summed E-state index contributed by atoms with van der Waals surface area (Å²) in [6, 6.07) is 1.47. The molecule has 0 unspecified atom stereocenters. The van der Waals surface area contributed by atoms with Crippen molar-refractivity contribution in [1.82, 2.24) is 4.98 Å². The molecule has 0 aliphatic heterocycles. The topological polar surface area (TPSA) is 80.7 Å². The maximum absolute atomic E-state index is 10.9. The molecule has 0 saturated heterocycles. The lowest BCUT2D eigenvalue weighted by Gasteiger charge is -2.08. The number of aromatic carboxylic acids is 1. The van der Waals surface area contributed by atoms with Gasteiger partial charge in [0, 0.05) is 26.5 Å². The molecule has 1 aromatic rings. The standard InChI is InChI=1S/C12H18N2O4/c1-17-7-8-18-6-2-4-14-11-9-13-5-3-10(11)12(15)16/h3,5,9,14H,2,4,6-8H2,1H3,(H,15,16). The highest BCUT2D eigenvalue weighted by Crippen LogP contribution is 2.12. The van der Waals surface area contributed by atoms with Gasteiger partial charge in [0.25, 0.3) is 0 Å². The molecule has 1 heterocycles. The monoisotopic (exact) mass is 254 g/mol. The van der Waals surface area contributed by atoms with E-state index in [4.69, 9.17) is 14.6 Å². The number of rotatable bonds is 9. The van der Waals surface area contributed by atoms with Crippen molar-refractivity contribution in [3.8, 4) is 0 Å². The van der Waals surface area contributed by atoms with Crippen molar-refractivity contribution in [1.29, 1.82) is 0 Å². The first-order valence-corrected chi connectivity index (χ1v) is 5.73. The van der Waals surface area contributed by atoms with Gasteiger partial charge in [-0.25, -0.2) is 4.79 Å². The molecule has 0 aliphatic rings. The minimum Gasteiger partial charge on any atom is -0.478 e. The van der Waals surface area contributed by atoms with Crippen LogP contribution in [0.15, 0.2) is 18.5 Å². The Kier molecular flexibility index (Phi) is 6.75. The Morgan fingerprint density at radius 3 is 3.00 bits per heavy atom. The van der Waals surface area contributed by atoms with Crippen LogP contribution < -0.4 is 5.32 Å². The molecule has 0 aliphatic carbocycles. The average molecular weight is 254 g/mol. The lowest BCUT2D eigenvalue weighted by molar-refractivity contribution is 0.0697. The number of pyridine rings is 1. The summed E-state index contributed by atoms with van der Waals surface area (Å²) in [5.74, 6) is -0.962. The quantitative estimate of drug-likeness (QED) is 0.645. The van der Waals surface area contributed by atoms with Crippen LogP contribution in [0.25, 0.3) is 0 Å². The van der Waals surface area contributed by atoms with E-state index in [0.29, 0.717) is 32.1 Å². The second-order valence-electron chi connectivity index (χ2n) is 3.61. The number of carboxylic acid groups (broad SMARTS) is 1. The molecule has 1 rings (SSSR count). The van der Waals surface area contributed by atoms with Gasteiger partial charge in [0.15, 0.2) is 0 Å². The molecule has 1 aromatic heterocycles. The van der Waals surface area contributed by atoms with Gasteiger partial charge in [0.1, 0.15) is 0 Å². The highest BCUT2D eigenvalue weighted by Gasteiger charge is 2.08. The second-order valence-corrected chi connectivity index (χ2v) is 3.61. The van der Waals surface area contributed by atoms with Gasteiger partial charge in [0.05, 0.1) is 30.7 Å². The number of carbonyl (C=O) groups is 1. The molecule has 6 nitrogen and oxygen atoms in total. The number of hydrogen-bond donors (Lipinski definition) is 2. The Morgan fingerprint density at radius 1 is 1.44 bits per heavy atom. The molecule has 0 aromatic carbocycles. The molecule has 0 saturated carbocycles. The summed E-state index contributed by atoms with van der Waals surface area (Å²) >= 11 is 0. The highest BCUT2D eigenvalue weighted by atomic mass is 16.5. The molecule has 0 spiro atoms. The van der Waals surface area contributed by atoms with Crippen LogP contribution in [0.1, 0.15) is 16.8 Å². The van der Waals surface area contributed by atoms with Crippen LogP contribution in [-0.2, 0) is 9.47 Å². The van der Waals surface area contributed by atoms with E-state index in [1.54, 1.807) is 7.11 Å². The van der Waals surface area contributed by atoms with E-state index in [2.05, 4.69) is 10.3 Å². The Labute approximate surface area is 106 Å². The van der Waals surface area contributed by atoms with E-state index in [-0.39, 0.29) is 5.56 Å². The third-order valence-corrected chi connectivity index (χ3v) is 2.26. The fourth-order valence-corrected chi connectivity index (χ4v) is 1.36. The van der Waals surface area contributed by atoms with Gasteiger partial charge in [-0.15, -0.1) is 0 Å². The average Bonchev–Trinajstić information content (AvgIpc) is 2.38. The van der Waals surface area contributed by atoms with Gasteiger partial charge < -0.3 is 19.9 Å². The Balaban J connectivity index is 2.25. The summed E-state index contributed by atoms with van der Waals surface area (Å²) in [5, 5.41) is 12.0. The van der Waals surface area contributed by atoms with Gasteiger partial charge in [-0.2, -0.15) is 0 Å². The van der Waals surface area contributed by atoms with Crippen molar-refractivity contribution < 1.29 is 19.4 Å². The van der Waals surface area contributed by atoms with Crippen LogP contribution in [0.5, 0.6) is 0 Å². The fraction of sp³-hybridized carbons (Fsp3) is 0.500. The van der Waals surface area contributed by atoms with Gasteiger partial charge in [0.2, 0.25) is 0 Å². The lowest BCUT2D eigenvalue weighted by Crippen LogP contribution is -2.11. The summed E-state index contributed by atoms with van der Waals surface area (Å²) in [4.78, 5) is 14.8. The summed E-state index contributed by atoms with van der Waals surface area (Å²) in [7, 11) is 1.63. The zero-order valence-electron chi connectivity index (χ0n) is 10.4. The molecular weight excluding hydrogens is 236 g/mol. The van der Waals surface area contributed by atoms with Gasteiger partial charge in [-0.05, 0) is 12.5 Å². The normalized spacial score (nSPS) is 10.3. The predicted molar refractivity (Wildman–Crippen MR) is 67.0 cm³/mol. The van der Waals surface area contributed by atoms with E-state index in [9.17, 15) is 4.79 Å². The summed E-state index contributed by atoms with van der Waals surface area (Å²) in [6.45, 7) is 2.40. The van der Waals surface area contributed by atoms with Crippen molar-refractivity contribution >= 4 is 11.7 Å². The first-order chi connectivity index (χ1) is 8.75. The number of carboxylic acids is 1. The molecule has 0 radical (unpaired) electrons. The Bertz CT molecular complexity index is 371. The summed E-state index contributed by atoms with van der Waals surface area (Å²) < 4.78 is 10.1. The molecular formula is C12H18N2O4. The molecule has 0 fully saturated rings. The zero-order valence-corrected chi connectivity index (χ0v) is 10.4. The molecule has 0 bridgehead atoms. The van der Waals surface area contributed by atoms with Gasteiger partial charge >= 0.3 is 5.97 Å². The summed E-state index contributed by atoms with van der Waals surface area (Å²) in [5.41, 5.74) is 0.757. The molecule has 6 heteroatoms. The number of nitrogens with one attached hydrogen (secondary N) is 1. The lowest BCUT2D eigenvalue weighted by atomic mass is 10.2. The molecule has 18 heavy (non-hydrogen) atoms. The molecule has 0 amide bonds.